The second-order valence-corrected chi connectivity index (χ2v) is 4.42. The highest BCUT2D eigenvalue weighted by Gasteiger charge is 2.06. The van der Waals surface area contributed by atoms with Crippen LogP contribution in [0.4, 0.5) is 5.69 Å². The van der Waals surface area contributed by atoms with Crippen molar-refractivity contribution in [1.29, 1.82) is 0 Å². The minimum absolute atomic E-state index is 0.0713. The molecule has 98 valence electrons. The maximum atomic E-state index is 11.9. The van der Waals surface area contributed by atoms with Gasteiger partial charge < -0.3 is 5.73 Å². The van der Waals surface area contributed by atoms with E-state index in [1.54, 1.807) is 29.2 Å². The Labute approximate surface area is 116 Å². The van der Waals surface area contributed by atoms with Crippen LogP contribution in [0.1, 0.15) is 0 Å². The minimum Gasteiger partial charge on any atom is -0.398 e. The molecular formula is C16H13N3O. The lowest BCUT2D eigenvalue weighted by atomic mass is 10.0. The van der Waals surface area contributed by atoms with Crippen molar-refractivity contribution in [3.05, 3.63) is 77.5 Å². The van der Waals surface area contributed by atoms with E-state index in [2.05, 4.69) is 4.98 Å². The van der Waals surface area contributed by atoms with Gasteiger partial charge in [-0.3, -0.25) is 14.3 Å². The monoisotopic (exact) mass is 263 g/mol. The molecule has 2 N–H and O–H groups in total. The molecule has 0 aliphatic heterocycles. The molecule has 3 rings (SSSR count). The van der Waals surface area contributed by atoms with E-state index in [0.29, 0.717) is 5.69 Å². The standard InChI is InChI=1S/C16H13N3O/c17-15-5-4-13(19-10-2-1-3-16(19)20)11-14(15)12-6-8-18-9-7-12/h1-11H,17H2. The minimum atomic E-state index is -0.0713. The molecule has 0 atom stereocenters. The molecule has 4 heteroatoms. The van der Waals surface area contributed by atoms with Crippen LogP contribution in [-0.4, -0.2) is 9.55 Å². The third-order valence-electron chi connectivity index (χ3n) is 3.13. The second-order valence-electron chi connectivity index (χ2n) is 4.42. The smallest absolute Gasteiger partial charge is 0.255 e. The lowest BCUT2D eigenvalue weighted by Crippen LogP contribution is -2.15. The quantitative estimate of drug-likeness (QED) is 0.722. The third-order valence-corrected chi connectivity index (χ3v) is 3.13. The van der Waals surface area contributed by atoms with Gasteiger partial charge in [0.05, 0.1) is 0 Å². The molecule has 1 aromatic carbocycles. The van der Waals surface area contributed by atoms with E-state index in [4.69, 9.17) is 5.73 Å². The number of nitrogen functional groups attached to an aromatic ring is 1. The molecule has 0 aliphatic carbocycles. The van der Waals surface area contributed by atoms with Crippen molar-refractivity contribution in [2.45, 2.75) is 0 Å². The first kappa shape index (κ1) is 12.2. The van der Waals surface area contributed by atoms with Crippen molar-refractivity contribution in [3.63, 3.8) is 0 Å². The Morgan fingerprint density at radius 3 is 2.55 bits per heavy atom. The first-order chi connectivity index (χ1) is 9.75. The van der Waals surface area contributed by atoms with Crippen molar-refractivity contribution in [2.24, 2.45) is 0 Å². The van der Waals surface area contributed by atoms with Crippen molar-refractivity contribution < 1.29 is 0 Å². The van der Waals surface area contributed by atoms with E-state index >= 15 is 0 Å². The second kappa shape index (κ2) is 5.01. The van der Waals surface area contributed by atoms with Gasteiger partial charge in [0, 0.05) is 41.6 Å². The predicted octanol–water partition coefficient (Wildman–Crippen LogP) is 2.48. The van der Waals surface area contributed by atoms with Crippen LogP contribution in [-0.2, 0) is 0 Å². The molecule has 0 fully saturated rings. The lowest BCUT2D eigenvalue weighted by Gasteiger charge is -2.10. The average Bonchev–Trinajstić information content (AvgIpc) is 2.49. The Kier molecular flexibility index (Phi) is 3.05. The van der Waals surface area contributed by atoms with Crippen LogP contribution >= 0.6 is 0 Å². The zero-order chi connectivity index (χ0) is 13.9. The van der Waals surface area contributed by atoms with Gasteiger partial charge in [-0.1, -0.05) is 6.07 Å². The van der Waals surface area contributed by atoms with Gasteiger partial charge in [0.15, 0.2) is 0 Å². The fraction of sp³-hybridized carbons (Fsp3) is 0. The van der Waals surface area contributed by atoms with Crippen LogP contribution < -0.4 is 11.3 Å². The van der Waals surface area contributed by atoms with Gasteiger partial charge in [0.2, 0.25) is 0 Å². The van der Waals surface area contributed by atoms with Crippen LogP contribution in [0.5, 0.6) is 0 Å². The molecular weight excluding hydrogens is 250 g/mol. The van der Waals surface area contributed by atoms with E-state index in [9.17, 15) is 4.79 Å². The first-order valence-electron chi connectivity index (χ1n) is 6.24. The van der Waals surface area contributed by atoms with Gasteiger partial charge in [0.25, 0.3) is 5.56 Å². The first-order valence-corrected chi connectivity index (χ1v) is 6.24. The van der Waals surface area contributed by atoms with Gasteiger partial charge in [-0.2, -0.15) is 0 Å². The molecule has 0 bridgehead atoms. The summed E-state index contributed by atoms with van der Waals surface area (Å²) in [4.78, 5) is 15.9. The predicted molar refractivity (Wildman–Crippen MR) is 79.7 cm³/mol. The molecule has 0 saturated carbocycles. The fourth-order valence-electron chi connectivity index (χ4n) is 2.12. The molecule has 20 heavy (non-hydrogen) atoms. The zero-order valence-corrected chi connectivity index (χ0v) is 10.7. The molecule has 0 aliphatic rings. The van der Waals surface area contributed by atoms with Gasteiger partial charge in [-0.25, -0.2) is 0 Å². The SMILES string of the molecule is Nc1ccc(-n2ccccc2=O)cc1-c1ccncc1. The molecule has 2 heterocycles. The molecule has 2 aromatic heterocycles. The number of rotatable bonds is 2. The fourth-order valence-corrected chi connectivity index (χ4v) is 2.12. The summed E-state index contributed by atoms with van der Waals surface area (Å²) in [6, 6.07) is 14.4. The van der Waals surface area contributed by atoms with E-state index in [1.165, 1.54) is 6.07 Å². The number of nitrogens with zero attached hydrogens (tertiary/aromatic N) is 2. The summed E-state index contributed by atoms with van der Waals surface area (Å²) in [5.74, 6) is 0. The number of hydrogen-bond donors (Lipinski definition) is 1. The normalized spacial score (nSPS) is 10.4. The number of nitrogens with two attached hydrogens (primary N) is 1. The van der Waals surface area contributed by atoms with E-state index in [1.807, 2.05) is 36.4 Å². The molecule has 0 unspecified atom stereocenters. The molecule has 0 amide bonds. The van der Waals surface area contributed by atoms with Crippen molar-refractivity contribution in [1.82, 2.24) is 9.55 Å². The third kappa shape index (κ3) is 2.19. The van der Waals surface area contributed by atoms with E-state index in [-0.39, 0.29) is 5.56 Å². The number of aromatic nitrogens is 2. The Hall–Kier alpha value is -2.88. The molecule has 0 saturated heterocycles. The summed E-state index contributed by atoms with van der Waals surface area (Å²) in [5, 5.41) is 0. The zero-order valence-electron chi connectivity index (χ0n) is 10.7. The van der Waals surface area contributed by atoms with Crippen LogP contribution in [0.15, 0.2) is 71.9 Å². The number of anilines is 1. The van der Waals surface area contributed by atoms with Gasteiger partial charge >= 0.3 is 0 Å². The summed E-state index contributed by atoms with van der Waals surface area (Å²) in [7, 11) is 0. The number of hydrogen-bond acceptors (Lipinski definition) is 3. The highest BCUT2D eigenvalue weighted by molar-refractivity contribution is 5.77. The molecule has 3 aromatic rings. The maximum Gasteiger partial charge on any atom is 0.255 e. The number of benzene rings is 1. The summed E-state index contributed by atoms with van der Waals surface area (Å²) in [6.07, 6.45) is 5.18. The molecule has 0 spiro atoms. The number of pyridine rings is 2. The molecule has 4 nitrogen and oxygen atoms in total. The maximum absolute atomic E-state index is 11.9. The van der Waals surface area contributed by atoms with Crippen molar-refractivity contribution in [2.75, 3.05) is 5.73 Å². The summed E-state index contributed by atoms with van der Waals surface area (Å²) in [6.45, 7) is 0. The van der Waals surface area contributed by atoms with Crippen LogP contribution in [0.3, 0.4) is 0 Å². The van der Waals surface area contributed by atoms with E-state index < -0.39 is 0 Å². The van der Waals surface area contributed by atoms with Gasteiger partial charge in [-0.05, 0) is 42.0 Å². The Morgan fingerprint density at radius 1 is 1.00 bits per heavy atom. The summed E-state index contributed by atoms with van der Waals surface area (Å²) >= 11 is 0. The average molecular weight is 263 g/mol. The van der Waals surface area contributed by atoms with Gasteiger partial charge in [-0.15, -0.1) is 0 Å². The lowest BCUT2D eigenvalue weighted by molar-refractivity contribution is 0.991. The van der Waals surface area contributed by atoms with Crippen molar-refractivity contribution in [3.8, 4) is 16.8 Å². The van der Waals surface area contributed by atoms with E-state index in [0.717, 1.165) is 16.8 Å². The van der Waals surface area contributed by atoms with Crippen LogP contribution in [0, 0.1) is 0 Å². The van der Waals surface area contributed by atoms with Crippen molar-refractivity contribution >= 4 is 5.69 Å². The Bertz CT molecular complexity index is 794. The highest BCUT2D eigenvalue weighted by Crippen LogP contribution is 2.27. The molecule has 0 radical (unpaired) electrons. The summed E-state index contributed by atoms with van der Waals surface area (Å²) in [5.41, 5.74) is 9.28. The topological polar surface area (TPSA) is 60.9 Å². The van der Waals surface area contributed by atoms with Crippen LogP contribution in [0.2, 0.25) is 0 Å². The Morgan fingerprint density at radius 2 is 1.80 bits per heavy atom. The summed E-state index contributed by atoms with van der Waals surface area (Å²) < 4.78 is 1.59. The highest BCUT2D eigenvalue weighted by atomic mass is 16.1. The van der Waals surface area contributed by atoms with Gasteiger partial charge in [0.1, 0.15) is 0 Å². The largest absolute Gasteiger partial charge is 0.398 e. The Balaban J connectivity index is 2.17. The van der Waals surface area contributed by atoms with Crippen LogP contribution in [0.25, 0.3) is 16.8 Å².